The van der Waals surface area contributed by atoms with Gasteiger partial charge in [0.2, 0.25) is 11.4 Å². The summed E-state index contributed by atoms with van der Waals surface area (Å²) in [5, 5.41) is 3.70. The molecule has 7 heteroatoms. The highest BCUT2D eigenvalue weighted by Gasteiger charge is 2.18. The van der Waals surface area contributed by atoms with Crippen molar-refractivity contribution in [2.24, 2.45) is 0 Å². The molecular formula is C16H21N5O2. The van der Waals surface area contributed by atoms with E-state index in [1.807, 2.05) is 11.5 Å². The van der Waals surface area contributed by atoms with Crippen molar-refractivity contribution in [3.8, 4) is 0 Å². The molecule has 1 aliphatic rings. The number of carbonyl (C=O) groups is 1. The van der Waals surface area contributed by atoms with Gasteiger partial charge in [-0.05, 0) is 6.92 Å². The molecule has 1 aliphatic heterocycles. The lowest BCUT2D eigenvalue weighted by Crippen LogP contribution is -2.44. The van der Waals surface area contributed by atoms with Crippen LogP contribution < -0.4 is 15.6 Å². The highest BCUT2D eigenvalue weighted by atomic mass is 16.1. The first-order valence-corrected chi connectivity index (χ1v) is 8.04. The number of fused-ring (bicyclic) bond motifs is 1. The Balaban J connectivity index is 2.15. The second kappa shape index (κ2) is 6.45. The SMILES string of the molecule is CCC(=O)c1cn(CC)c2nc(N3CCNCC3)ncc2c1=O. The largest absolute Gasteiger partial charge is 0.338 e. The molecule has 1 N–H and O–H groups in total. The number of hydrogen-bond donors (Lipinski definition) is 1. The van der Waals surface area contributed by atoms with Crippen LogP contribution in [0.5, 0.6) is 0 Å². The number of aromatic nitrogens is 3. The monoisotopic (exact) mass is 315 g/mol. The number of ketones is 1. The zero-order valence-electron chi connectivity index (χ0n) is 13.5. The lowest BCUT2D eigenvalue weighted by atomic mass is 10.1. The minimum atomic E-state index is -0.275. The third-order valence-electron chi connectivity index (χ3n) is 4.16. The molecule has 0 spiro atoms. The van der Waals surface area contributed by atoms with Crippen LogP contribution in [0.3, 0.4) is 0 Å². The second-order valence-electron chi connectivity index (χ2n) is 5.58. The van der Waals surface area contributed by atoms with E-state index in [4.69, 9.17) is 0 Å². The van der Waals surface area contributed by atoms with Crippen molar-refractivity contribution < 1.29 is 4.79 Å². The fourth-order valence-electron chi connectivity index (χ4n) is 2.81. The number of pyridine rings is 1. The van der Waals surface area contributed by atoms with Gasteiger partial charge in [0.1, 0.15) is 5.65 Å². The first-order chi connectivity index (χ1) is 11.2. The van der Waals surface area contributed by atoms with Crippen LogP contribution in [-0.4, -0.2) is 46.5 Å². The lowest BCUT2D eigenvalue weighted by Gasteiger charge is -2.27. The molecule has 0 bridgehead atoms. The van der Waals surface area contributed by atoms with Crippen LogP contribution in [0, 0.1) is 0 Å². The number of piperazine rings is 1. The summed E-state index contributed by atoms with van der Waals surface area (Å²) < 4.78 is 1.85. The highest BCUT2D eigenvalue weighted by Crippen LogP contribution is 2.15. The van der Waals surface area contributed by atoms with Crippen LogP contribution in [0.25, 0.3) is 11.0 Å². The van der Waals surface area contributed by atoms with Crippen molar-refractivity contribution in [2.75, 3.05) is 31.1 Å². The molecule has 0 unspecified atom stereocenters. The molecule has 3 heterocycles. The van der Waals surface area contributed by atoms with Gasteiger partial charge in [0, 0.05) is 51.5 Å². The van der Waals surface area contributed by atoms with Gasteiger partial charge in [-0.1, -0.05) is 6.92 Å². The van der Waals surface area contributed by atoms with Gasteiger partial charge >= 0.3 is 0 Å². The average Bonchev–Trinajstić information content (AvgIpc) is 2.62. The van der Waals surface area contributed by atoms with Gasteiger partial charge in [-0.3, -0.25) is 9.59 Å². The summed E-state index contributed by atoms with van der Waals surface area (Å²) >= 11 is 0. The molecule has 0 radical (unpaired) electrons. The van der Waals surface area contributed by atoms with Gasteiger partial charge in [0.25, 0.3) is 0 Å². The van der Waals surface area contributed by atoms with E-state index in [0.717, 1.165) is 26.2 Å². The predicted octanol–water partition coefficient (Wildman–Crippen LogP) is 0.814. The Morgan fingerprint density at radius 3 is 2.70 bits per heavy atom. The molecule has 3 rings (SSSR count). The van der Waals surface area contributed by atoms with E-state index in [2.05, 4.69) is 20.2 Å². The number of nitrogens with one attached hydrogen (secondary N) is 1. The minimum absolute atomic E-state index is 0.148. The topological polar surface area (TPSA) is 80.1 Å². The van der Waals surface area contributed by atoms with Gasteiger partial charge in [0.15, 0.2) is 5.78 Å². The Hall–Kier alpha value is -2.28. The van der Waals surface area contributed by atoms with E-state index in [1.54, 1.807) is 19.3 Å². The molecule has 7 nitrogen and oxygen atoms in total. The molecule has 122 valence electrons. The van der Waals surface area contributed by atoms with E-state index in [1.165, 1.54) is 0 Å². The number of nitrogens with zero attached hydrogens (tertiary/aromatic N) is 4. The van der Waals surface area contributed by atoms with E-state index in [9.17, 15) is 9.59 Å². The molecular weight excluding hydrogens is 294 g/mol. The Morgan fingerprint density at radius 2 is 2.04 bits per heavy atom. The number of carbonyl (C=O) groups excluding carboxylic acids is 1. The van der Waals surface area contributed by atoms with Crippen LogP contribution in [0.1, 0.15) is 30.6 Å². The van der Waals surface area contributed by atoms with Gasteiger partial charge in [-0.25, -0.2) is 4.98 Å². The summed E-state index contributed by atoms with van der Waals surface area (Å²) in [6.07, 6.45) is 3.50. The van der Waals surface area contributed by atoms with Crippen LogP contribution in [0.4, 0.5) is 5.95 Å². The normalized spacial score (nSPS) is 15.1. The maximum atomic E-state index is 12.5. The van der Waals surface area contributed by atoms with E-state index in [0.29, 0.717) is 29.9 Å². The van der Waals surface area contributed by atoms with Crippen LogP contribution >= 0.6 is 0 Å². The van der Waals surface area contributed by atoms with Crippen molar-refractivity contribution in [3.63, 3.8) is 0 Å². The maximum Gasteiger partial charge on any atom is 0.227 e. The quantitative estimate of drug-likeness (QED) is 0.841. The molecule has 23 heavy (non-hydrogen) atoms. The Bertz CT molecular complexity index is 793. The van der Waals surface area contributed by atoms with Gasteiger partial charge < -0.3 is 14.8 Å². The Kier molecular flexibility index (Phi) is 4.38. The molecule has 1 saturated heterocycles. The molecule has 0 atom stereocenters. The molecule has 2 aromatic heterocycles. The van der Waals surface area contributed by atoms with E-state index < -0.39 is 0 Å². The Labute approximate surface area is 134 Å². The molecule has 0 saturated carbocycles. The fraction of sp³-hybridized carbons (Fsp3) is 0.500. The predicted molar refractivity (Wildman–Crippen MR) is 89.2 cm³/mol. The van der Waals surface area contributed by atoms with Crippen molar-refractivity contribution in [1.82, 2.24) is 19.9 Å². The van der Waals surface area contributed by atoms with Gasteiger partial charge in [0.05, 0.1) is 10.9 Å². The Morgan fingerprint density at radius 1 is 1.30 bits per heavy atom. The lowest BCUT2D eigenvalue weighted by molar-refractivity contribution is 0.0986. The summed E-state index contributed by atoms with van der Waals surface area (Å²) in [4.78, 5) is 35.6. The zero-order valence-corrected chi connectivity index (χ0v) is 13.5. The molecule has 0 amide bonds. The van der Waals surface area contributed by atoms with Crippen molar-refractivity contribution in [3.05, 3.63) is 28.2 Å². The summed E-state index contributed by atoms with van der Waals surface area (Å²) in [5.41, 5.74) is 0.539. The first-order valence-electron chi connectivity index (χ1n) is 8.04. The van der Waals surface area contributed by atoms with Gasteiger partial charge in [-0.15, -0.1) is 0 Å². The minimum Gasteiger partial charge on any atom is -0.338 e. The molecule has 1 fully saturated rings. The van der Waals surface area contributed by atoms with E-state index in [-0.39, 0.29) is 16.8 Å². The van der Waals surface area contributed by atoms with Crippen LogP contribution in [0.15, 0.2) is 17.2 Å². The highest BCUT2D eigenvalue weighted by molar-refractivity contribution is 5.98. The maximum absolute atomic E-state index is 12.5. The summed E-state index contributed by atoms with van der Waals surface area (Å²) in [6, 6.07) is 0. The molecule has 0 aromatic carbocycles. The van der Waals surface area contributed by atoms with Crippen molar-refractivity contribution in [2.45, 2.75) is 26.8 Å². The van der Waals surface area contributed by atoms with Crippen molar-refractivity contribution >= 4 is 22.8 Å². The number of rotatable bonds is 4. The number of aryl methyl sites for hydroxylation is 1. The first kappa shape index (κ1) is 15.6. The zero-order chi connectivity index (χ0) is 16.4. The third kappa shape index (κ3) is 2.84. The fourth-order valence-corrected chi connectivity index (χ4v) is 2.81. The van der Waals surface area contributed by atoms with E-state index >= 15 is 0 Å². The average molecular weight is 315 g/mol. The number of hydrogen-bond acceptors (Lipinski definition) is 6. The molecule has 2 aromatic rings. The van der Waals surface area contributed by atoms with Crippen LogP contribution in [-0.2, 0) is 6.54 Å². The number of anilines is 1. The second-order valence-corrected chi connectivity index (χ2v) is 5.58. The standard InChI is InChI=1S/C16H21N5O2/c1-3-13(22)12-10-20(4-2)15-11(14(12)23)9-18-16(19-15)21-7-5-17-6-8-21/h9-10,17H,3-8H2,1-2H3. The third-order valence-corrected chi connectivity index (χ3v) is 4.16. The summed E-state index contributed by atoms with van der Waals surface area (Å²) in [5.74, 6) is 0.487. The van der Waals surface area contributed by atoms with Crippen molar-refractivity contribution in [1.29, 1.82) is 0 Å². The van der Waals surface area contributed by atoms with Crippen LogP contribution in [0.2, 0.25) is 0 Å². The van der Waals surface area contributed by atoms with Gasteiger partial charge in [-0.2, -0.15) is 4.98 Å². The summed E-state index contributed by atoms with van der Waals surface area (Å²) in [6.45, 7) is 7.84. The smallest absolute Gasteiger partial charge is 0.227 e. The number of Topliss-reactive ketones (excluding diaryl/α,β-unsaturated/α-hetero) is 1. The molecule has 0 aliphatic carbocycles. The summed E-state index contributed by atoms with van der Waals surface area (Å²) in [7, 11) is 0.